The van der Waals surface area contributed by atoms with E-state index in [1.54, 1.807) is 27.5 Å². The highest BCUT2D eigenvalue weighted by Crippen LogP contribution is 2.24. The summed E-state index contributed by atoms with van der Waals surface area (Å²) in [5.41, 5.74) is 1.82. The van der Waals surface area contributed by atoms with E-state index in [0.29, 0.717) is 60.4 Å². The predicted octanol–water partition coefficient (Wildman–Crippen LogP) is 4.58. The maximum atomic E-state index is 12.6. The zero-order chi connectivity index (χ0) is 22.0. The van der Waals surface area contributed by atoms with Gasteiger partial charge in [-0.15, -0.1) is 0 Å². The van der Waals surface area contributed by atoms with E-state index in [4.69, 9.17) is 21.1 Å². The lowest BCUT2D eigenvalue weighted by Crippen LogP contribution is -2.42. The number of likely N-dealkylation sites (tertiary alicyclic amines) is 1. The minimum Gasteiger partial charge on any atom is -0.489 e. The van der Waals surface area contributed by atoms with E-state index in [-0.39, 0.29) is 17.8 Å². The Bertz CT molecular complexity index is 1130. The number of benzene rings is 1. The lowest BCUT2D eigenvalue weighted by Gasteiger charge is -2.31. The number of nitrogens with one attached hydrogen (secondary N) is 1. The van der Waals surface area contributed by atoms with Crippen LogP contribution in [-0.2, 0) is 4.74 Å². The van der Waals surface area contributed by atoms with Gasteiger partial charge >= 0.3 is 6.09 Å². The van der Waals surface area contributed by atoms with Crippen molar-refractivity contribution in [1.82, 2.24) is 14.3 Å². The second kappa shape index (κ2) is 9.06. The van der Waals surface area contributed by atoms with Crippen molar-refractivity contribution in [2.45, 2.75) is 32.8 Å². The minimum absolute atomic E-state index is 0.0157. The number of rotatable bonds is 5. The van der Waals surface area contributed by atoms with E-state index in [1.165, 1.54) is 0 Å². The highest BCUT2D eigenvalue weighted by Gasteiger charge is 2.25. The third kappa shape index (κ3) is 5.05. The normalized spacial score (nSPS) is 14.9. The monoisotopic (exact) mass is 443 g/mol. The first-order valence-electron chi connectivity index (χ1n) is 10.5. The first-order chi connectivity index (χ1) is 14.9. The SMILES string of the molecule is CC(C)COC(=O)N1CCC(Oc2cc3c(=O)[nH]c(-c4cccc(Cl)c4)cn3c2)CC1. The van der Waals surface area contributed by atoms with E-state index in [0.717, 1.165) is 5.56 Å². The molecule has 164 valence electrons. The van der Waals surface area contributed by atoms with Crippen molar-refractivity contribution in [2.75, 3.05) is 19.7 Å². The van der Waals surface area contributed by atoms with Crippen LogP contribution >= 0.6 is 11.6 Å². The first-order valence-corrected chi connectivity index (χ1v) is 10.9. The second-order valence-electron chi connectivity index (χ2n) is 8.25. The highest BCUT2D eigenvalue weighted by atomic mass is 35.5. The fraction of sp³-hybridized carbons (Fsp3) is 0.391. The molecule has 2 aromatic heterocycles. The Balaban J connectivity index is 1.42. The molecule has 3 aromatic rings. The molecule has 7 nitrogen and oxygen atoms in total. The van der Waals surface area contributed by atoms with Crippen molar-refractivity contribution in [3.05, 3.63) is 58.1 Å². The number of nitrogens with zero attached hydrogens (tertiary/aromatic N) is 2. The predicted molar refractivity (Wildman–Crippen MR) is 120 cm³/mol. The van der Waals surface area contributed by atoms with Crippen LogP contribution in [0.1, 0.15) is 26.7 Å². The Hall–Kier alpha value is -2.93. The van der Waals surface area contributed by atoms with Crippen LogP contribution in [-0.4, -0.2) is 46.2 Å². The van der Waals surface area contributed by atoms with Gasteiger partial charge in [0.25, 0.3) is 5.56 Å². The van der Waals surface area contributed by atoms with Crippen molar-refractivity contribution >= 4 is 23.2 Å². The van der Waals surface area contributed by atoms with Gasteiger partial charge in [-0.25, -0.2) is 4.79 Å². The van der Waals surface area contributed by atoms with Crippen LogP contribution in [0.4, 0.5) is 4.79 Å². The molecule has 1 saturated heterocycles. The summed E-state index contributed by atoms with van der Waals surface area (Å²) < 4.78 is 13.2. The largest absolute Gasteiger partial charge is 0.489 e. The fourth-order valence-corrected chi connectivity index (χ4v) is 3.84. The molecule has 31 heavy (non-hydrogen) atoms. The standard InChI is InChI=1S/C23H26ClN3O4/c1-15(2)14-30-23(29)26-8-6-18(7-9-26)31-19-11-21-22(28)25-20(13-27(21)12-19)16-4-3-5-17(24)10-16/h3-5,10-13,15,18H,6-9,14H2,1-2H3,(H,25,28). The van der Waals surface area contributed by atoms with Crippen LogP contribution in [0.25, 0.3) is 16.8 Å². The topological polar surface area (TPSA) is 76.0 Å². The molecule has 4 rings (SSSR count). The van der Waals surface area contributed by atoms with E-state index < -0.39 is 0 Å². The summed E-state index contributed by atoms with van der Waals surface area (Å²) >= 11 is 6.08. The van der Waals surface area contributed by atoms with Crippen molar-refractivity contribution in [1.29, 1.82) is 0 Å². The lowest BCUT2D eigenvalue weighted by atomic mass is 10.1. The minimum atomic E-state index is -0.262. The zero-order valence-corrected chi connectivity index (χ0v) is 18.4. The van der Waals surface area contributed by atoms with Gasteiger partial charge in [-0.3, -0.25) is 4.79 Å². The summed E-state index contributed by atoms with van der Waals surface area (Å²) in [6.07, 6.45) is 4.81. The molecule has 1 fully saturated rings. The van der Waals surface area contributed by atoms with Crippen LogP contribution < -0.4 is 10.3 Å². The van der Waals surface area contributed by atoms with Gasteiger partial charge in [-0.2, -0.15) is 0 Å². The quantitative estimate of drug-likeness (QED) is 0.626. The summed E-state index contributed by atoms with van der Waals surface area (Å²) in [6.45, 7) is 5.64. The number of hydrogen-bond donors (Lipinski definition) is 1. The molecule has 1 aliphatic heterocycles. The molecule has 0 spiro atoms. The van der Waals surface area contributed by atoms with E-state index >= 15 is 0 Å². The number of amides is 1. The Morgan fingerprint density at radius 2 is 2.00 bits per heavy atom. The fourth-order valence-electron chi connectivity index (χ4n) is 3.65. The number of carbonyl (C=O) groups is 1. The molecule has 0 unspecified atom stereocenters. The Kier molecular flexibility index (Phi) is 6.23. The molecule has 1 amide bonds. The van der Waals surface area contributed by atoms with Crippen LogP contribution in [0.2, 0.25) is 5.02 Å². The van der Waals surface area contributed by atoms with Crippen LogP contribution in [0.15, 0.2) is 47.5 Å². The highest BCUT2D eigenvalue weighted by molar-refractivity contribution is 6.30. The first kappa shape index (κ1) is 21.3. The third-order valence-electron chi connectivity index (χ3n) is 5.25. The molecule has 0 bridgehead atoms. The van der Waals surface area contributed by atoms with E-state index in [9.17, 15) is 9.59 Å². The summed E-state index contributed by atoms with van der Waals surface area (Å²) in [5.74, 6) is 0.950. The number of hydrogen-bond acceptors (Lipinski definition) is 4. The number of piperidine rings is 1. The molecule has 1 aromatic carbocycles. The number of H-pyrrole nitrogens is 1. The molecule has 3 heterocycles. The summed E-state index contributed by atoms with van der Waals surface area (Å²) in [6, 6.07) is 9.07. The van der Waals surface area contributed by atoms with Crippen LogP contribution in [0.5, 0.6) is 5.75 Å². The summed E-state index contributed by atoms with van der Waals surface area (Å²) in [5, 5.41) is 0.606. The molecule has 0 radical (unpaired) electrons. The van der Waals surface area contributed by atoms with Gasteiger partial charge in [-0.1, -0.05) is 37.6 Å². The van der Waals surface area contributed by atoms with Gasteiger partial charge in [0.2, 0.25) is 0 Å². The molecular weight excluding hydrogens is 418 g/mol. The number of ether oxygens (including phenoxy) is 2. The summed E-state index contributed by atoms with van der Waals surface area (Å²) in [4.78, 5) is 29.3. The zero-order valence-electron chi connectivity index (χ0n) is 17.6. The second-order valence-corrected chi connectivity index (χ2v) is 8.69. The summed E-state index contributed by atoms with van der Waals surface area (Å²) in [7, 11) is 0. The average Bonchev–Trinajstić information content (AvgIpc) is 3.15. The smallest absolute Gasteiger partial charge is 0.409 e. The van der Waals surface area contributed by atoms with Gasteiger partial charge in [0.1, 0.15) is 17.4 Å². The molecular formula is C23H26ClN3O4. The molecule has 0 atom stereocenters. The molecule has 1 N–H and O–H groups in total. The number of halogens is 1. The van der Waals surface area contributed by atoms with Gasteiger partial charge in [0, 0.05) is 48.8 Å². The van der Waals surface area contributed by atoms with Gasteiger partial charge in [-0.05, 0) is 18.1 Å². The number of aromatic nitrogens is 2. The van der Waals surface area contributed by atoms with Crippen molar-refractivity contribution in [3.63, 3.8) is 0 Å². The van der Waals surface area contributed by atoms with Gasteiger partial charge in [0.15, 0.2) is 0 Å². The van der Waals surface area contributed by atoms with E-state index in [1.807, 2.05) is 38.4 Å². The number of aromatic amines is 1. The van der Waals surface area contributed by atoms with Crippen molar-refractivity contribution in [3.8, 4) is 17.0 Å². The molecule has 0 saturated carbocycles. The maximum Gasteiger partial charge on any atom is 0.409 e. The number of carbonyl (C=O) groups excluding carboxylic acids is 1. The van der Waals surface area contributed by atoms with Crippen molar-refractivity contribution < 1.29 is 14.3 Å². The van der Waals surface area contributed by atoms with Crippen LogP contribution in [0, 0.1) is 5.92 Å². The van der Waals surface area contributed by atoms with Gasteiger partial charge in [0.05, 0.1) is 18.5 Å². The van der Waals surface area contributed by atoms with Gasteiger partial charge < -0.3 is 23.8 Å². The van der Waals surface area contributed by atoms with E-state index in [2.05, 4.69) is 4.98 Å². The molecule has 1 aliphatic rings. The Morgan fingerprint density at radius 1 is 1.23 bits per heavy atom. The maximum absolute atomic E-state index is 12.6. The lowest BCUT2D eigenvalue weighted by molar-refractivity contribution is 0.0619. The third-order valence-corrected chi connectivity index (χ3v) is 5.49. The Morgan fingerprint density at radius 3 is 2.71 bits per heavy atom. The van der Waals surface area contributed by atoms with Crippen LogP contribution in [0.3, 0.4) is 0 Å². The van der Waals surface area contributed by atoms with Crippen molar-refractivity contribution in [2.24, 2.45) is 5.92 Å². The molecule has 0 aliphatic carbocycles. The average molecular weight is 444 g/mol. The number of fused-ring (bicyclic) bond motifs is 1. The molecule has 8 heteroatoms. The Labute approximate surface area is 185 Å².